The molecule has 1 fully saturated rings. The summed E-state index contributed by atoms with van der Waals surface area (Å²) >= 11 is 0. The monoisotopic (exact) mass is 359 g/mol. The van der Waals surface area contributed by atoms with Crippen molar-refractivity contribution in [1.82, 2.24) is 10.1 Å². The summed E-state index contributed by atoms with van der Waals surface area (Å²) in [5.41, 5.74) is 0. The number of para-hydroxylation sites is 1. The first kappa shape index (κ1) is 17.9. The van der Waals surface area contributed by atoms with Crippen LogP contribution < -0.4 is 10.1 Å². The second-order valence-electron chi connectivity index (χ2n) is 5.94. The summed E-state index contributed by atoms with van der Waals surface area (Å²) in [5.74, 6) is 0.273. The Hall–Kier alpha value is -2.87. The van der Waals surface area contributed by atoms with E-state index in [0.29, 0.717) is 24.7 Å². The number of aromatic nitrogens is 1. The standard InChI is InChI=1S/C18H21N3O5/c22-17(19-16-8-10-26-20-16)12-21(11-15-7-4-9-24-15)18(23)13-25-14-5-2-1-3-6-14/h1-3,5-6,8,10,15H,4,7,9,11-13H2,(H,19,20,22). The molecule has 0 radical (unpaired) electrons. The highest BCUT2D eigenvalue weighted by atomic mass is 16.5. The van der Waals surface area contributed by atoms with Crippen LogP contribution in [0.25, 0.3) is 0 Å². The molecule has 26 heavy (non-hydrogen) atoms. The Labute approximate surface area is 151 Å². The molecule has 8 nitrogen and oxygen atoms in total. The van der Waals surface area contributed by atoms with Gasteiger partial charge < -0.3 is 24.2 Å². The number of hydrogen-bond donors (Lipinski definition) is 1. The van der Waals surface area contributed by atoms with E-state index >= 15 is 0 Å². The fourth-order valence-corrected chi connectivity index (χ4v) is 2.67. The molecule has 0 saturated carbocycles. The first-order valence-corrected chi connectivity index (χ1v) is 8.48. The molecule has 1 aromatic heterocycles. The Morgan fingerprint density at radius 3 is 2.81 bits per heavy atom. The van der Waals surface area contributed by atoms with E-state index in [4.69, 9.17) is 9.47 Å². The molecule has 1 aliphatic rings. The van der Waals surface area contributed by atoms with Crippen molar-refractivity contribution < 1.29 is 23.6 Å². The predicted molar refractivity (Wildman–Crippen MR) is 92.6 cm³/mol. The van der Waals surface area contributed by atoms with Gasteiger partial charge in [-0.2, -0.15) is 0 Å². The third-order valence-electron chi connectivity index (χ3n) is 3.95. The lowest BCUT2D eigenvalue weighted by Crippen LogP contribution is -2.44. The molecule has 8 heteroatoms. The van der Waals surface area contributed by atoms with Gasteiger partial charge in [-0.25, -0.2) is 0 Å². The van der Waals surface area contributed by atoms with E-state index in [1.165, 1.54) is 17.2 Å². The number of nitrogens with one attached hydrogen (secondary N) is 1. The fourth-order valence-electron chi connectivity index (χ4n) is 2.67. The maximum absolute atomic E-state index is 12.6. The Kier molecular flexibility index (Phi) is 6.21. The van der Waals surface area contributed by atoms with Crippen LogP contribution in [0.1, 0.15) is 12.8 Å². The second-order valence-corrected chi connectivity index (χ2v) is 5.94. The minimum Gasteiger partial charge on any atom is -0.484 e. The van der Waals surface area contributed by atoms with Crippen LogP contribution in [0.3, 0.4) is 0 Å². The van der Waals surface area contributed by atoms with Crippen LogP contribution in [0.15, 0.2) is 47.2 Å². The molecule has 1 N–H and O–H groups in total. The van der Waals surface area contributed by atoms with E-state index in [9.17, 15) is 9.59 Å². The highest BCUT2D eigenvalue weighted by Gasteiger charge is 2.25. The maximum Gasteiger partial charge on any atom is 0.261 e. The van der Waals surface area contributed by atoms with Crippen molar-refractivity contribution in [3.63, 3.8) is 0 Å². The lowest BCUT2D eigenvalue weighted by atomic mass is 10.2. The third kappa shape index (κ3) is 5.32. The number of carbonyl (C=O) groups is 2. The molecule has 1 unspecified atom stereocenters. The summed E-state index contributed by atoms with van der Waals surface area (Å²) in [5, 5.41) is 6.21. The molecule has 138 valence electrons. The Morgan fingerprint density at radius 1 is 1.27 bits per heavy atom. The average Bonchev–Trinajstić information content (AvgIpc) is 3.34. The summed E-state index contributed by atoms with van der Waals surface area (Å²) in [7, 11) is 0. The van der Waals surface area contributed by atoms with Crippen LogP contribution in [0.4, 0.5) is 5.82 Å². The van der Waals surface area contributed by atoms with Gasteiger partial charge in [-0.15, -0.1) is 0 Å². The van der Waals surface area contributed by atoms with Crippen molar-refractivity contribution >= 4 is 17.6 Å². The van der Waals surface area contributed by atoms with Crippen LogP contribution in [0.5, 0.6) is 5.75 Å². The number of nitrogens with zero attached hydrogens (tertiary/aromatic N) is 2. The lowest BCUT2D eigenvalue weighted by molar-refractivity contribution is -0.138. The van der Waals surface area contributed by atoms with Crippen molar-refractivity contribution in [3.05, 3.63) is 42.7 Å². The highest BCUT2D eigenvalue weighted by molar-refractivity contribution is 5.93. The van der Waals surface area contributed by atoms with Crippen molar-refractivity contribution in [2.45, 2.75) is 18.9 Å². The van der Waals surface area contributed by atoms with Gasteiger partial charge in [0.15, 0.2) is 12.4 Å². The van der Waals surface area contributed by atoms with Crippen molar-refractivity contribution in [3.8, 4) is 5.75 Å². The summed E-state index contributed by atoms with van der Waals surface area (Å²) < 4.78 is 15.8. The van der Waals surface area contributed by atoms with Crippen LogP contribution in [0, 0.1) is 0 Å². The molecule has 0 spiro atoms. The quantitative estimate of drug-likeness (QED) is 0.771. The van der Waals surface area contributed by atoms with E-state index < -0.39 is 0 Å². The fraction of sp³-hybridized carbons (Fsp3) is 0.389. The number of rotatable bonds is 8. The van der Waals surface area contributed by atoms with Gasteiger partial charge in [0.1, 0.15) is 18.6 Å². The first-order valence-electron chi connectivity index (χ1n) is 8.48. The Morgan fingerprint density at radius 2 is 2.12 bits per heavy atom. The van der Waals surface area contributed by atoms with E-state index in [1.54, 1.807) is 12.1 Å². The molecular formula is C18H21N3O5. The van der Waals surface area contributed by atoms with Gasteiger partial charge in [-0.3, -0.25) is 9.59 Å². The number of hydrogen-bond acceptors (Lipinski definition) is 6. The van der Waals surface area contributed by atoms with Crippen molar-refractivity contribution in [2.75, 3.05) is 31.6 Å². The van der Waals surface area contributed by atoms with Gasteiger partial charge in [0.25, 0.3) is 5.91 Å². The van der Waals surface area contributed by atoms with Gasteiger partial charge in [0.2, 0.25) is 5.91 Å². The van der Waals surface area contributed by atoms with Gasteiger partial charge in [0.05, 0.1) is 6.10 Å². The van der Waals surface area contributed by atoms with Crippen molar-refractivity contribution in [1.29, 1.82) is 0 Å². The number of ether oxygens (including phenoxy) is 2. The second kappa shape index (κ2) is 9.00. The normalized spacial score (nSPS) is 16.2. The minimum absolute atomic E-state index is 0.0597. The molecule has 0 aliphatic carbocycles. The van der Waals surface area contributed by atoms with E-state index in [0.717, 1.165) is 12.8 Å². The van der Waals surface area contributed by atoms with Gasteiger partial charge in [-0.1, -0.05) is 23.4 Å². The molecule has 3 rings (SSSR count). The molecule has 1 atom stereocenters. The molecule has 1 saturated heterocycles. The summed E-state index contributed by atoms with van der Waals surface area (Å²) in [6.07, 6.45) is 3.13. The summed E-state index contributed by atoms with van der Waals surface area (Å²) in [6.45, 7) is 0.777. The Balaban J connectivity index is 1.57. The van der Waals surface area contributed by atoms with Crippen LogP contribution >= 0.6 is 0 Å². The molecule has 1 aromatic carbocycles. The van der Waals surface area contributed by atoms with Crippen LogP contribution in [-0.2, 0) is 14.3 Å². The topological polar surface area (TPSA) is 93.9 Å². The summed E-state index contributed by atoms with van der Waals surface area (Å²) in [6, 6.07) is 10.6. The molecule has 2 amide bonds. The molecular weight excluding hydrogens is 338 g/mol. The number of amides is 2. The van der Waals surface area contributed by atoms with E-state index in [1.807, 2.05) is 18.2 Å². The Bertz CT molecular complexity index is 699. The van der Waals surface area contributed by atoms with Gasteiger partial charge >= 0.3 is 0 Å². The average molecular weight is 359 g/mol. The number of benzene rings is 1. The molecule has 1 aliphatic heterocycles. The molecule has 0 bridgehead atoms. The highest BCUT2D eigenvalue weighted by Crippen LogP contribution is 2.14. The van der Waals surface area contributed by atoms with Crippen LogP contribution in [-0.4, -0.2) is 54.3 Å². The van der Waals surface area contributed by atoms with E-state index in [2.05, 4.69) is 15.0 Å². The van der Waals surface area contributed by atoms with Gasteiger partial charge in [0, 0.05) is 19.2 Å². The van der Waals surface area contributed by atoms with E-state index in [-0.39, 0.29) is 31.1 Å². The maximum atomic E-state index is 12.6. The van der Waals surface area contributed by atoms with Crippen LogP contribution in [0.2, 0.25) is 0 Å². The minimum atomic E-state index is -0.357. The zero-order chi connectivity index (χ0) is 18.2. The molecule has 2 heterocycles. The number of carbonyl (C=O) groups excluding carboxylic acids is 2. The molecule has 2 aromatic rings. The largest absolute Gasteiger partial charge is 0.484 e. The zero-order valence-electron chi connectivity index (χ0n) is 14.3. The SMILES string of the molecule is O=C(CN(CC1CCCO1)C(=O)COc1ccccc1)Nc1ccon1. The van der Waals surface area contributed by atoms with Gasteiger partial charge in [-0.05, 0) is 25.0 Å². The zero-order valence-corrected chi connectivity index (χ0v) is 14.3. The third-order valence-corrected chi connectivity index (χ3v) is 3.95. The smallest absolute Gasteiger partial charge is 0.261 e. The van der Waals surface area contributed by atoms with Crippen molar-refractivity contribution in [2.24, 2.45) is 0 Å². The number of anilines is 1. The predicted octanol–water partition coefficient (Wildman–Crippen LogP) is 1.70. The first-order chi connectivity index (χ1) is 12.7. The lowest BCUT2D eigenvalue weighted by Gasteiger charge is -2.24. The summed E-state index contributed by atoms with van der Waals surface area (Å²) in [4.78, 5) is 26.2.